The van der Waals surface area contributed by atoms with Crippen molar-refractivity contribution in [3.8, 4) is 22.8 Å². The summed E-state index contributed by atoms with van der Waals surface area (Å²) in [5, 5.41) is 24.1. The van der Waals surface area contributed by atoms with E-state index in [1.54, 1.807) is 43.3 Å². The van der Waals surface area contributed by atoms with Gasteiger partial charge in [-0.25, -0.2) is 14.3 Å². The number of hydrogen-bond donors (Lipinski definition) is 4. The highest BCUT2D eigenvalue weighted by Crippen LogP contribution is 2.20. The predicted molar refractivity (Wildman–Crippen MR) is 190 cm³/mol. The molecule has 0 aliphatic carbocycles. The van der Waals surface area contributed by atoms with Crippen LogP contribution in [0, 0.1) is 5.92 Å². The Bertz CT molecular complexity index is 2010. The number of fused-ring (bicyclic) bond motifs is 14. The fourth-order valence-corrected chi connectivity index (χ4v) is 5.76. The van der Waals surface area contributed by atoms with Gasteiger partial charge in [0.2, 0.25) is 17.7 Å². The Morgan fingerprint density at radius 1 is 0.923 bits per heavy atom. The number of carbonyl (C=O) groups excluding carboxylic acids is 4. The van der Waals surface area contributed by atoms with E-state index in [1.807, 2.05) is 62.4 Å². The van der Waals surface area contributed by atoms with Crippen molar-refractivity contribution in [2.75, 3.05) is 13.2 Å². The molecule has 0 unspecified atom stereocenters. The van der Waals surface area contributed by atoms with E-state index in [-0.39, 0.29) is 43.6 Å². The summed E-state index contributed by atoms with van der Waals surface area (Å²) in [5.41, 5.74) is 2.23. The third-order valence-corrected chi connectivity index (χ3v) is 8.48. The van der Waals surface area contributed by atoms with Crippen LogP contribution < -0.4 is 26.0 Å². The van der Waals surface area contributed by atoms with Crippen LogP contribution in [-0.4, -0.2) is 78.6 Å². The number of para-hydroxylation sites is 1. The highest BCUT2D eigenvalue weighted by molar-refractivity contribution is 5.97. The first-order valence-electron chi connectivity index (χ1n) is 17.0. The molecule has 268 valence electrons. The first-order chi connectivity index (χ1) is 25.2. The van der Waals surface area contributed by atoms with Crippen LogP contribution in [0.4, 0.5) is 0 Å². The number of aromatic nitrogens is 6. The zero-order valence-corrected chi connectivity index (χ0v) is 29.0. The normalized spacial score (nSPS) is 18.8. The minimum atomic E-state index is -1.08. The van der Waals surface area contributed by atoms with Crippen molar-refractivity contribution in [1.29, 1.82) is 0 Å². The Morgan fingerprint density at radius 2 is 1.63 bits per heavy atom. The first-order valence-corrected chi connectivity index (χ1v) is 17.0. The average molecular weight is 705 g/mol. The molecule has 0 saturated carbocycles. The summed E-state index contributed by atoms with van der Waals surface area (Å²) in [6.07, 6.45) is 1.43. The van der Waals surface area contributed by atoms with Crippen molar-refractivity contribution < 1.29 is 23.9 Å². The Hall–Kier alpha value is -6.38. The van der Waals surface area contributed by atoms with Gasteiger partial charge in [0, 0.05) is 12.0 Å². The lowest BCUT2D eigenvalue weighted by Gasteiger charge is -2.26. The molecule has 0 saturated heterocycles. The minimum absolute atomic E-state index is 0.106. The summed E-state index contributed by atoms with van der Waals surface area (Å²) in [4.78, 5) is 59.3. The van der Waals surface area contributed by atoms with Gasteiger partial charge in [0.1, 0.15) is 36.8 Å². The molecule has 3 atom stereocenters. The van der Waals surface area contributed by atoms with Gasteiger partial charge in [0.25, 0.3) is 5.91 Å². The fraction of sp³-hybridized carbons (Fsp3) is 0.297. The number of benzene rings is 3. The molecule has 0 fully saturated rings. The second-order valence-corrected chi connectivity index (χ2v) is 12.7. The van der Waals surface area contributed by atoms with Gasteiger partial charge in [-0.3, -0.25) is 19.2 Å². The number of ether oxygens (including phenoxy) is 1. The third-order valence-electron chi connectivity index (χ3n) is 8.48. The number of amides is 4. The van der Waals surface area contributed by atoms with Crippen molar-refractivity contribution in [1.82, 2.24) is 51.0 Å². The molecule has 4 N–H and O–H groups in total. The van der Waals surface area contributed by atoms with Gasteiger partial charge in [-0.2, -0.15) is 5.10 Å². The van der Waals surface area contributed by atoms with Crippen molar-refractivity contribution in [3.05, 3.63) is 108 Å². The summed E-state index contributed by atoms with van der Waals surface area (Å²) in [7, 11) is 0. The number of hydrogen-bond acceptors (Lipinski definition) is 9. The molecule has 3 aromatic carbocycles. The van der Waals surface area contributed by atoms with Crippen LogP contribution in [0.1, 0.15) is 48.7 Å². The largest absolute Gasteiger partial charge is 0.492 e. The molecular formula is C37H40N10O5. The Balaban J connectivity index is 1.30. The molecule has 4 amide bonds. The predicted octanol–water partition coefficient (Wildman–Crippen LogP) is 2.39. The molecule has 0 spiro atoms. The van der Waals surface area contributed by atoms with E-state index in [9.17, 15) is 19.2 Å². The van der Waals surface area contributed by atoms with Crippen LogP contribution in [0.25, 0.3) is 17.1 Å². The van der Waals surface area contributed by atoms with Crippen LogP contribution in [0.5, 0.6) is 5.75 Å². The molecule has 52 heavy (non-hydrogen) atoms. The topological polar surface area (TPSA) is 187 Å². The maximum absolute atomic E-state index is 14.1. The summed E-state index contributed by atoms with van der Waals surface area (Å²) in [6, 6.07) is 22.7. The molecule has 15 nitrogen and oxygen atoms in total. The number of rotatable bonds is 5. The van der Waals surface area contributed by atoms with Crippen molar-refractivity contribution in [2.45, 2.75) is 51.9 Å². The highest BCUT2D eigenvalue weighted by atomic mass is 16.5. The Labute approximate surface area is 300 Å². The molecule has 2 bridgehead atoms. The molecule has 15 heteroatoms. The van der Waals surface area contributed by atoms with Crippen molar-refractivity contribution in [2.24, 2.45) is 5.92 Å². The number of nitrogens with one attached hydrogen (secondary N) is 4. The van der Waals surface area contributed by atoms with Gasteiger partial charge in [-0.15, -0.1) is 5.10 Å². The van der Waals surface area contributed by atoms with Gasteiger partial charge >= 0.3 is 0 Å². The molecule has 2 aromatic heterocycles. The second-order valence-electron chi connectivity index (χ2n) is 12.7. The smallest absolute Gasteiger partial charge is 0.272 e. The molecule has 2 aliphatic heterocycles. The van der Waals surface area contributed by atoms with Crippen LogP contribution in [0.3, 0.4) is 0 Å². The maximum atomic E-state index is 14.1. The fourth-order valence-electron chi connectivity index (χ4n) is 5.76. The van der Waals surface area contributed by atoms with Gasteiger partial charge in [-0.05, 0) is 42.7 Å². The van der Waals surface area contributed by atoms with Crippen LogP contribution in [-0.2, 0) is 27.3 Å². The minimum Gasteiger partial charge on any atom is -0.492 e. The zero-order valence-electron chi connectivity index (χ0n) is 29.0. The van der Waals surface area contributed by atoms with E-state index >= 15 is 0 Å². The summed E-state index contributed by atoms with van der Waals surface area (Å²) < 4.78 is 8.70. The van der Waals surface area contributed by atoms with Crippen molar-refractivity contribution >= 4 is 23.6 Å². The summed E-state index contributed by atoms with van der Waals surface area (Å²) in [5.74, 6) is -0.932. The van der Waals surface area contributed by atoms with E-state index < -0.39 is 35.8 Å². The quantitative estimate of drug-likeness (QED) is 0.213. The summed E-state index contributed by atoms with van der Waals surface area (Å²) in [6.45, 7) is 5.66. The Morgan fingerprint density at radius 3 is 2.35 bits per heavy atom. The third kappa shape index (κ3) is 8.49. The maximum Gasteiger partial charge on any atom is 0.272 e. The number of nitrogens with zero attached hydrogens (tertiary/aromatic N) is 6. The van der Waals surface area contributed by atoms with Crippen LogP contribution in [0.2, 0.25) is 0 Å². The van der Waals surface area contributed by atoms with Gasteiger partial charge in [0.05, 0.1) is 24.5 Å². The number of carbonyl (C=O) groups is 4. The van der Waals surface area contributed by atoms with E-state index in [0.717, 1.165) is 11.1 Å². The van der Waals surface area contributed by atoms with E-state index in [0.29, 0.717) is 23.1 Å². The van der Waals surface area contributed by atoms with Gasteiger partial charge in [0.15, 0.2) is 11.5 Å². The zero-order chi connectivity index (χ0) is 36.6. The Kier molecular flexibility index (Phi) is 11.0. The highest BCUT2D eigenvalue weighted by Gasteiger charge is 2.32. The molecule has 0 radical (unpaired) electrons. The van der Waals surface area contributed by atoms with Crippen LogP contribution in [0.15, 0.2) is 91.1 Å². The van der Waals surface area contributed by atoms with E-state index in [1.165, 1.54) is 15.6 Å². The van der Waals surface area contributed by atoms with Crippen LogP contribution >= 0.6 is 0 Å². The monoisotopic (exact) mass is 704 g/mol. The summed E-state index contributed by atoms with van der Waals surface area (Å²) >= 11 is 0. The second kappa shape index (κ2) is 16.1. The lowest BCUT2D eigenvalue weighted by molar-refractivity contribution is -0.131. The first kappa shape index (κ1) is 35.4. The van der Waals surface area contributed by atoms with E-state index in [2.05, 4.69) is 36.7 Å². The molecular weight excluding hydrogens is 664 g/mol. The standard InChI is InChI=1S/C37H40N10O5/c1-23(2)32-37(51)40-24(3)34-43-33(26-10-6-4-7-11-26)44-46(34)22-31(48)38-18-19-52-28-16-14-25(15-17-28)20-29(35(49)42-32)41-36(50)30-21-39-45-47(30)27-12-8-5-9-13-27/h4-17,21,23-24,29,32H,18-20,22H2,1-3H3,(H,38,48)(H,40,51)(H,41,50)(H,42,49)/t24-,29-,32+/m0/s1. The molecule has 5 aromatic rings. The molecule has 4 heterocycles. The van der Waals surface area contributed by atoms with Crippen molar-refractivity contribution in [3.63, 3.8) is 0 Å². The lowest BCUT2D eigenvalue weighted by atomic mass is 10.0. The molecule has 7 rings (SSSR count). The average Bonchev–Trinajstić information content (AvgIpc) is 3.81. The van der Waals surface area contributed by atoms with Gasteiger partial charge < -0.3 is 26.0 Å². The van der Waals surface area contributed by atoms with Gasteiger partial charge in [-0.1, -0.05) is 79.7 Å². The lowest BCUT2D eigenvalue weighted by Crippen LogP contribution is -2.56. The molecule has 2 aliphatic rings. The SMILES string of the molecule is CC(C)[C@H]1NC(=O)[C@@H](NC(=O)c2cnnn2-c2ccccc2)Cc2ccc(cc2)OCCNC(=O)Cn2nc(-c3ccccc3)nc2[C@H](C)NC1=O. The van der Waals surface area contributed by atoms with E-state index in [4.69, 9.17) is 9.72 Å².